The van der Waals surface area contributed by atoms with Gasteiger partial charge in [-0.15, -0.1) is 0 Å². The Kier molecular flexibility index (Phi) is 5.06. The first-order chi connectivity index (χ1) is 13.2. The van der Waals surface area contributed by atoms with Gasteiger partial charge in [-0.2, -0.15) is 13.2 Å². The number of fused-ring (bicyclic) bond motifs is 3. The second-order valence-corrected chi connectivity index (χ2v) is 7.99. The van der Waals surface area contributed by atoms with Crippen LogP contribution in [0.5, 0.6) is 0 Å². The third kappa shape index (κ3) is 3.61. The van der Waals surface area contributed by atoms with Crippen molar-refractivity contribution < 1.29 is 13.2 Å². The average Bonchev–Trinajstić information content (AvgIpc) is 2.93. The van der Waals surface area contributed by atoms with Crippen LogP contribution in [0, 0.1) is 0 Å². The maximum absolute atomic E-state index is 12.7. The van der Waals surface area contributed by atoms with E-state index in [1.54, 1.807) is 6.07 Å². The van der Waals surface area contributed by atoms with Gasteiger partial charge in [0.05, 0.1) is 10.5 Å². The van der Waals surface area contributed by atoms with Gasteiger partial charge in [0, 0.05) is 48.4 Å². The van der Waals surface area contributed by atoms with Crippen LogP contribution >= 0.6 is 23.2 Å². The number of alkyl halides is 3. The molecule has 2 aromatic heterocycles. The molecule has 0 bridgehead atoms. The first-order valence-electron chi connectivity index (χ1n) is 8.93. The highest BCUT2D eigenvalue weighted by molar-refractivity contribution is 6.38. The van der Waals surface area contributed by atoms with Gasteiger partial charge in [-0.05, 0) is 42.8 Å². The van der Waals surface area contributed by atoms with Gasteiger partial charge < -0.3 is 9.47 Å². The summed E-state index contributed by atoms with van der Waals surface area (Å²) in [6, 6.07) is 6.19. The molecule has 0 radical (unpaired) electrons. The third-order valence-corrected chi connectivity index (χ3v) is 5.70. The van der Waals surface area contributed by atoms with E-state index in [0.717, 1.165) is 42.0 Å². The van der Waals surface area contributed by atoms with Crippen molar-refractivity contribution >= 4 is 34.1 Å². The number of halogens is 5. The van der Waals surface area contributed by atoms with Crippen molar-refractivity contribution in [3.05, 3.63) is 63.0 Å². The number of hydrogen-bond donors (Lipinski definition) is 0. The predicted octanol–water partition coefficient (Wildman–Crippen LogP) is 5.59. The van der Waals surface area contributed by atoms with E-state index in [1.165, 1.54) is 23.5 Å². The summed E-state index contributed by atoms with van der Waals surface area (Å²) in [4.78, 5) is 5.81. The van der Waals surface area contributed by atoms with E-state index in [2.05, 4.69) is 21.5 Å². The topological polar surface area (TPSA) is 21.1 Å². The molecule has 0 N–H and O–H groups in total. The molecule has 28 heavy (non-hydrogen) atoms. The summed E-state index contributed by atoms with van der Waals surface area (Å²) >= 11 is 12.7. The first-order valence-corrected chi connectivity index (χ1v) is 9.69. The van der Waals surface area contributed by atoms with Crippen molar-refractivity contribution in [2.45, 2.75) is 32.1 Å². The van der Waals surface area contributed by atoms with Crippen molar-refractivity contribution in [1.29, 1.82) is 0 Å². The minimum atomic E-state index is -4.42. The lowest BCUT2D eigenvalue weighted by molar-refractivity contribution is -0.141. The summed E-state index contributed by atoms with van der Waals surface area (Å²) in [5, 5.41) is 2.23. The molecular weight excluding hydrogens is 410 g/mol. The Morgan fingerprint density at radius 2 is 1.96 bits per heavy atom. The van der Waals surface area contributed by atoms with Crippen molar-refractivity contribution in [3.8, 4) is 0 Å². The van der Waals surface area contributed by atoms with E-state index in [-0.39, 0.29) is 0 Å². The van der Waals surface area contributed by atoms with Crippen LogP contribution in [-0.2, 0) is 32.1 Å². The maximum atomic E-state index is 12.7. The van der Waals surface area contributed by atoms with Crippen molar-refractivity contribution in [1.82, 2.24) is 14.5 Å². The van der Waals surface area contributed by atoms with Gasteiger partial charge >= 0.3 is 6.18 Å². The molecule has 3 nitrogen and oxygen atoms in total. The number of nitrogens with zero attached hydrogens (tertiary/aromatic N) is 3. The highest BCUT2D eigenvalue weighted by Crippen LogP contribution is 2.37. The van der Waals surface area contributed by atoms with E-state index in [9.17, 15) is 13.2 Å². The second-order valence-electron chi connectivity index (χ2n) is 7.15. The van der Waals surface area contributed by atoms with Gasteiger partial charge in [0.2, 0.25) is 0 Å². The molecule has 3 heterocycles. The van der Waals surface area contributed by atoms with Crippen LogP contribution in [-0.4, -0.2) is 28.0 Å². The van der Waals surface area contributed by atoms with Gasteiger partial charge in [-0.3, -0.25) is 4.98 Å². The third-order valence-electron chi connectivity index (χ3n) is 5.19. The summed E-state index contributed by atoms with van der Waals surface area (Å²) in [7, 11) is 2.08. The molecule has 0 amide bonds. The minimum Gasteiger partial charge on any atom is -0.343 e. The summed E-state index contributed by atoms with van der Waals surface area (Å²) in [5.74, 6) is 0. The van der Waals surface area contributed by atoms with Crippen LogP contribution in [0.1, 0.15) is 22.5 Å². The molecule has 1 aromatic carbocycles. The first kappa shape index (κ1) is 19.6. The lowest BCUT2D eigenvalue weighted by Crippen LogP contribution is -2.27. The lowest BCUT2D eigenvalue weighted by atomic mass is 10.1. The molecule has 0 saturated carbocycles. The highest BCUT2D eigenvalue weighted by atomic mass is 35.5. The van der Waals surface area contributed by atoms with Crippen molar-refractivity contribution in [3.63, 3.8) is 0 Å². The molecule has 0 aliphatic carbocycles. The van der Waals surface area contributed by atoms with E-state index in [4.69, 9.17) is 23.2 Å². The van der Waals surface area contributed by atoms with E-state index >= 15 is 0 Å². The van der Waals surface area contributed by atoms with Crippen LogP contribution in [0.15, 0.2) is 30.5 Å². The second kappa shape index (κ2) is 7.25. The van der Waals surface area contributed by atoms with Crippen LogP contribution in [0.2, 0.25) is 10.0 Å². The van der Waals surface area contributed by atoms with Gasteiger partial charge in [0.15, 0.2) is 0 Å². The van der Waals surface area contributed by atoms with E-state index < -0.39 is 11.9 Å². The van der Waals surface area contributed by atoms with Crippen molar-refractivity contribution in [2.24, 2.45) is 0 Å². The SMILES string of the molecule is CN1CCc2c(c3cc(Cl)cc(Cl)c3n2CCc2ccc(C(F)(F)F)nc2)C1. The standard InChI is InChI=1S/C20H18Cl2F3N3/c1-27-6-5-17-15(11-27)14-8-13(21)9-16(22)19(14)28(17)7-4-12-2-3-18(26-10-12)20(23,24)25/h2-3,8-10H,4-7,11H2,1H3. The van der Waals surface area contributed by atoms with Gasteiger partial charge in [0.25, 0.3) is 0 Å². The number of pyridine rings is 1. The number of benzene rings is 1. The molecule has 3 aromatic rings. The van der Waals surface area contributed by atoms with Crippen LogP contribution < -0.4 is 0 Å². The quantitative estimate of drug-likeness (QED) is 0.542. The Morgan fingerprint density at radius 3 is 2.64 bits per heavy atom. The summed E-state index contributed by atoms with van der Waals surface area (Å²) in [6.07, 6.45) is -1.67. The normalized spacial score (nSPS) is 15.2. The molecule has 8 heteroatoms. The Hall–Kier alpha value is -1.76. The minimum absolute atomic E-state index is 0.566. The van der Waals surface area contributed by atoms with Crippen LogP contribution in [0.25, 0.3) is 10.9 Å². The molecule has 1 aliphatic rings. The Bertz CT molecular complexity index is 1030. The largest absolute Gasteiger partial charge is 0.433 e. The number of aromatic nitrogens is 2. The van der Waals surface area contributed by atoms with Crippen LogP contribution in [0.4, 0.5) is 13.2 Å². The predicted molar refractivity (Wildman–Crippen MR) is 105 cm³/mol. The molecule has 0 atom stereocenters. The summed E-state index contributed by atoms with van der Waals surface area (Å²) < 4.78 is 40.3. The van der Waals surface area contributed by atoms with Gasteiger partial charge in [0.1, 0.15) is 5.69 Å². The smallest absolute Gasteiger partial charge is 0.343 e. The Balaban J connectivity index is 1.69. The van der Waals surface area contributed by atoms with Gasteiger partial charge in [-0.1, -0.05) is 29.3 Å². The van der Waals surface area contributed by atoms with Gasteiger partial charge in [-0.25, -0.2) is 0 Å². The zero-order chi connectivity index (χ0) is 20.1. The number of likely N-dealkylation sites (N-methyl/N-ethyl adjacent to an activating group) is 1. The summed E-state index contributed by atoms with van der Waals surface area (Å²) in [5.41, 5.74) is 3.25. The van der Waals surface area contributed by atoms with E-state index in [0.29, 0.717) is 23.0 Å². The monoisotopic (exact) mass is 427 g/mol. The molecule has 1 aliphatic heterocycles. The number of aryl methyl sites for hydroxylation is 2. The highest BCUT2D eigenvalue weighted by Gasteiger charge is 2.32. The fraction of sp³-hybridized carbons (Fsp3) is 0.350. The zero-order valence-electron chi connectivity index (χ0n) is 15.2. The zero-order valence-corrected chi connectivity index (χ0v) is 16.7. The molecule has 0 spiro atoms. The lowest BCUT2D eigenvalue weighted by Gasteiger charge is -2.24. The Labute approximate surface area is 170 Å². The molecule has 4 rings (SSSR count). The average molecular weight is 428 g/mol. The fourth-order valence-electron chi connectivity index (χ4n) is 3.86. The number of hydrogen-bond acceptors (Lipinski definition) is 2. The molecule has 0 saturated heterocycles. The van der Waals surface area contributed by atoms with E-state index in [1.807, 2.05) is 6.07 Å². The molecule has 0 unspecified atom stereocenters. The van der Waals surface area contributed by atoms with Crippen LogP contribution in [0.3, 0.4) is 0 Å². The molecule has 148 valence electrons. The fourth-order valence-corrected chi connectivity index (χ4v) is 4.45. The Morgan fingerprint density at radius 1 is 1.18 bits per heavy atom. The molecular formula is C20H18Cl2F3N3. The van der Waals surface area contributed by atoms with Crippen molar-refractivity contribution in [2.75, 3.05) is 13.6 Å². The molecule has 0 fully saturated rings. The number of rotatable bonds is 3. The maximum Gasteiger partial charge on any atom is 0.433 e. The summed E-state index contributed by atoms with van der Waals surface area (Å²) in [6.45, 7) is 2.37.